The molecule has 1 amide bonds. The first-order valence-corrected chi connectivity index (χ1v) is 7.06. The van der Waals surface area contributed by atoms with Gasteiger partial charge in [-0.3, -0.25) is 4.79 Å². The summed E-state index contributed by atoms with van der Waals surface area (Å²) in [6.45, 7) is 8.49. The summed E-state index contributed by atoms with van der Waals surface area (Å²) in [4.78, 5) is 11.8. The molecule has 19 heavy (non-hydrogen) atoms. The Morgan fingerprint density at radius 2 is 1.84 bits per heavy atom. The Morgan fingerprint density at radius 1 is 1.21 bits per heavy atom. The van der Waals surface area contributed by atoms with Crippen molar-refractivity contribution in [1.82, 2.24) is 10.6 Å². The number of carbonyl (C=O) groups is 1. The van der Waals surface area contributed by atoms with E-state index in [0.717, 1.165) is 10.6 Å². The number of amides is 1. The second-order valence-corrected chi connectivity index (χ2v) is 5.63. The summed E-state index contributed by atoms with van der Waals surface area (Å²) in [5.74, 6) is 0.449. The Hall–Kier alpha value is -1.06. The van der Waals surface area contributed by atoms with Gasteiger partial charge in [0.1, 0.15) is 0 Å². The van der Waals surface area contributed by atoms with Crippen LogP contribution in [0.3, 0.4) is 0 Å². The van der Waals surface area contributed by atoms with Gasteiger partial charge in [0.2, 0.25) is 5.91 Å². The zero-order chi connectivity index (χ0) is 14.4. The predicted molar refractivity (Wildman–Crippen MR) is 80.3 cm³/mol. The number of rotatable bonds is 6. The molecule has 4 heteroatoms. The van der Waals surface area contributed by atoms with Crippen LogP contribution in [-0.4, -0.2) is 18.5 Å². The van der Waals surface area contributed by atoms with E-state index in [0.29, 0.717) is 12.5 Å². The number of carbonyl (C=O) groups excluding carboxylic acids is 1. The highest BCUT2D eigenvalue weighted by atomic mass is 35.5. The largest absolute Gasteiger partial charge is 0.352 e. The zero-order valence-electron chi connectivity index (χ0n) is 12.0. The Balaban J connectivity index is 2.44. The summed E-state index contributed by atoms with van der Waals surface area (Å²) in [6.07, 6.45) is 0. The first kappa shape index (κ1) is 16.0. The number of benzene rings is 1. The molecule has 0 spiro atoms. The van der Waals surface area contributed by atoms with Crippen molar-refractivity contribution < 1.29 is 4.79 Å². The van der Waals surface area contributed by atoms with Crippen molar-refractivity contribution in [2.24, 2.45) is 5.92 Å². The van der Waals surface area contributed by atoms with Crippen LogP contribution in [0.25, 0.3) is 0 Å². The van der Waals surface area contributed by atoms with Gasteiger partial charge in [0.15, 0.2) is 0 Å². The fraction of sp³-hybridized carbons (Fsp3) is 0.533. The number of nitrogens with one attached hydrogen (secondary N) is 2. The smallest absolute Gasteiger partial charge is 0.234 e. The Labute approximate surface area is 120 Å². The Morgan fingerprint density at radius 3 is 2.42 bits per heavy atom. The molecular formula is C15H23ClN2O. The van der Waals surface area contributed by atoms with Gasteiger partial charge in [0, 0.05) is 17.1 Å². The summed E-state index contributed by atoms with van der Waals surface area (Å²) in [5.41, 5.74) is 1.01. The summed E-state index contributed by atoms with van der Waals surface area (Å²) in [6, 6.07) is 7.90. The van der Waals surface area contributed by atoms with E-state index in [9.17, 15) is 4.79 Å². The summed E-state index contributed by atoms with van der Waals surface area (Å²) in [7, 11) is 0. The quantitative estimate of drug-likeness (QED) is 0.841. The van der Waals surface area contributed by atoms with E-state index >= 15 is 0 Å². The summed E-state index contributed by atoms with van der Waals surface area (Å²) >= 11 is 6.12. The first-order chi connectivity index (χ1) is 8.91. The van der Waals surface area contributed by atoms with Gasteiger partial charge in [-0.05, 0) is 31.4 Å². The highest BCUT2D eigenvalue weighted by Gasteiger charge is 2.13. The Kier molecular flexibility index (Phi) is 6.32. The van der Waals surface area contributed by atoms with Crippen LogP contribution in [0, 0.1) is 5.92 Å². The maximum Gasteiger partial charge on any atom is 0.234 e. The molecule has 1 aromatic carbocycles. The number of hydrogen-bond acceptors (Lipinski definition) is 2. The van der Waals surface area contributed by atoms with Gasteiger partial charge in [0.05, 0.1) is 6.54 Å². The average Bonchev–Trinajstić information content (AvgIpc) is 2.36. The van der Waals surface area contributed by atoms with Crippen molar-refractivity contribution in [3.63, 3.8) is 0 Å². The fourth-order valence-electron chi connectivity index (χ4n) is 1.65. The molecule has 2 atom stereocenters. The van der Waals surface area contributed by atoms with E-state index in [1.54, 1.807) is 0 Å². The van der Waals surface area contributed by atoms with Crippen LogP contribution in [0.15, 0.2) is 24.3 Å². The minimum Gasteiger partial charge on any atom is -0.352 e. The molecule has 0 fully saturated rings. The van der Waals surface area contributed by atoms with Crippen molar-refractivity contribution in [1.29, 1.82) is 0 Å². The molecule has 0 saturated carbocycles. The van der Waals surface area contributed by atoms with Crippen molar-refractivity contribution in [2.75, 3.05) is 6.54 Å². The van der Waals surface area contributed by atoms with Gasteiger partial charge in [-0.1, -0.05) is 43.6 Å². The van der Waals surface area contributed by atoms with Crippen molar-refractivity contribution in [3.05, 3.63) is 34.9 Å². The molecule has 0 saturated heterocycles. The van der Waals surface area contributed by atoms with Crippen LogP contribution in [0.5, 0.6) is 0 Å². The predicted octanol–water partition coefficient (Wildman–Crippen LogP) is 3.15. The van der Waals surface area contributed by atoms with E-state index in [1.807, 2.05) is 38.1 Å². The highest BCUT2D eigenvalue weighted by Crippen LogP contribution is 2.21. The van der Waals surface area contributed by atoms with Crippen molar-refractivity contribution in [2.45, 2.75) is 39.8 Å². The van der Waals surface area contributed by atoms with E-state index < -0.39 is 0 Å². The molecule has 0 aliphatic heterocycles. The Bertz CT molecular complexity index is 420. The average molecular weight is 283 g/mol. The molecule has 0 aliphatic rings. The molecule has 106 valence electrons. The molecule has 2 unspecified atom stereocenters. The molecule has 0 radical (unpaired) electrons. The monoisotopic (exact) mass is 282 g/mol. The molecule has 2 N–H and O–H groups in total. The van der Waals surface area contributed by atoms with Crippen LogP contribution in [0.1, 0.15) is 39.3 Å². The minimum absolute atomic E-state index is 0.0140. The van der Waals surface area contributed by atoms with Crippen LogP contribution in [-0.2, 0) is 4.79 Å². The van der Waals surface area contributed by atoms with Crippen LogP contribution in [0.4, 0.5) is 0 Å². The van der Waals surface area contributed by atoms with Gasteiger partial charge in [-0.2, -0.15) is 0 Å². The minimum atomic E-state index is 0.0140. The van der Waals surface area contributed by atoms with Gasteiger partial charge in [-0.15, -0.1) is 0 Å². The standard InChI is InChI=1S/C15H23ClN2O/c1-10(2)11(3)18-15(19)9-17-12(4)13-7-5-6-8-14(13)16/h5-8,10-12,17H,9H2,1-4H3,(H,18,19). The van der Waals surface area contributed by atoms with Gasteiger partial charge < -0.3 is 10.6 Å². The van der Waals surface area contributed by atoms with E-state index in [2.05, 4.69) is 24.5 Å². The second-order valence-electron chi connectivity index (χ2n) is 5.22. The van der Waals surface area contributed by atoms with Crippen LogP contribution in [0.2, 0.25) is 5.02 Å². The topological polar surface area (TPSA) is 41.1 Å². The van der Waals surface area contributed by atoms with Gasteiger partial charge in [0.25, 0.3) is 0 Å². The van der Waals surface area contributed by atoms with E-state index in [1.165, 1.54) is 0 Å². The maximum atomic E-state index is 11.8. The van der Waals surface area contributed by atoms with Crippen LogP contribution >= 0.6 is 11.6 Å². The molecule has 0 bridgehead atoms. The first-order valence-electron chi connectivity index (χ1n) is 6.69. The second kappa shape index (κ2) is 7.51. The number of halogens is 1. The van der Waals surface area contributed by atoms with E-state index in [4.69, 9.17) is 11.6 Å². The lowest BCUT2D eigenvalue weighted by molar-refractivity contribution is -0.121. The maximum absolute atomic E-state index is 11.8. The van der Waals surface area contributed by atoms with Crippen molar-refractivity contribution in [3.8, 4) is 0 Å². The normalized spacial score (nSPS) is 14.2. The van der Waals surface area contributed by atoms with Crippen LogP contribution < -0.4 is 10.6 Å². The fourth-order valence-corrected chi connectivity index (χ4v) is 1.95. The summed E-state index contributed by atoms with van der Waals surface area (Å²) < 4.78 is 0. The third-order valence-corrected chi connectivity index (χ3v) is 3.67. The van der Waals surface area contributed by atoms with Gasteiger partial charge >= 0.3 is 0 Å². The lowest BCUT2D eigenvalue weighted by Crippen LogP contribution is -2.41. The molecule has 0 aliphatic carbocycles. The molecule has 3 nitrogen and oxygen atoms in total. The zero-order valence-corrected chi connectivity index (χ0v) is 12.8. The van der Waals surface area contributed by atoms with E-state index in [-0.39, 0.29) is 18.0 Å². The third-order valence-electron chi connectivity index (χ3n) is 3.33. The lowest BCUT2D eigenvalue weighted by Gasteiger charge is -2.19. The van der Waals surface area contributed by atoms with Crippen molar-refractivity contribution >= 4 is 17.5 Å². The molecule has 1 rings (SSSR count). The molecule has 1 aromatic rings. The third kappa shape index (κ3) is 5.21. The SMILES string of the molecule is CC(NCC(=O)NC(C)C(C)C)c1ccccc1Cl. The van der Waals surface area contributed by atoms with Gasteiger partial charge in [-0.25, -0.2) is 0 Å². The highest BCUT2D eigenvalue weighted by molar-refractivity contribution is 6.31. The lowest BCUT2D eigenvalue weighted by atomic mass is 10.1. The molecule has 0 aromatic heterocycles. The molecular weight excluding hydrogens is 260 g/mol. The summed E-state index contributed by atoms with van der Waals surface area (Å²) in [5, 5.41) is 6.87. The molecule has 0 heterocycles. The number of hydrogen-bond donors (Lipinski definition) is 2.